The first kappa shape index (κ1) is 12.6. The quantitative estimate of drug-likeness (QED) is 0.631. The first-order valence-electron chi connectivity index (χ1n) is 4.27. The lowest BCUT2D eigenvalue weighted by atomic mass is 10.1. The molecule has 0 aromatic heterocycles. The van der Waals surface area contributed by atoms with E-state index in [9.17, 15) is 0 Å². The molecule has 0 spiro atoms. The standard InChI is InChI=1S/C6H16N2.C2H6/c1-2-6(8)4-3-5-7;1-2/h6H,2-5,7-8H2,1H3;1-2H3. The van der Waals surface area contributed by atoms with E-state index in [2.05, 4.69) is 6.92 Å². The molecule has 4 N–H and O–H groups in total. The van der Waals surface area contributed by atoms with Crippen molar-refractivity contribution in [2.24, 2.45) is 11.5 Å². The van der Waals surface area contributed by atoms with Crippen molar-refractivity contribution < 1.29 is 0 Å². The predicted octanol–water partition coefficient (Wildman–Crippen LogP) is 1.49. The van der Waals surface area contributed by atoms with E-state index in [1.54, 1.807) is 0 Å². The Kier molecular flexibility index (Phi) is 14.7. The van der Waals surface area contributed by atoms with Crippen molar-refractivity contribution in [3.05, 3.63) is 0 Å². The molecule has 2 heteroatoms. The van der Waals surface area contributed by atoms with Crippen LogP contribution in [0.4, 0.5) is 0 Å². The molecule has 0 aromatic carbocycles. The highest BCUT2D eigenvalue weighted by atomic mass is 14.6. The SMILES string of the molecule is CC.CCC(N)CCCN. The van der Waals surface area contributed by atoms with Crippen LogP contribution in [-0.2, 0) is 0 Å². The minimum absolute atomic E-state index is 0.374. The summed E-state index contributed by atoms with van der Waals surface area (Å²) in [5.74, 6) is 0. The molecule has 2 nitrogen and oxygen atoms in total. The average Bonchev–Trinajstić information content (AvgIpc) is 2.04. The maximum atomic E-state index is 5.60. The molecule has 0 amide bonds. The van der Waals surface area contributed by atoms with Gasteiger partial charge < -0.3 is 11.5 Å². The van der Waals surface area contributed by atoms with Gasteiger partial charge in [0.05, 0.1) is 0 Å². The summed E-state index contributed by atoms with van der Waals surface area (Å²) in [6.45, 7) is 6.87. The average molecular weight is 146 g/mol. The molecule has 0 bridgehead atoms. The summed E-state index contributed by atoms with van der Waals surface area (Å²) in [5, 5.41) is 0. The molecule has 0 saturated heterocycles. The number of nitrogens with two attached hydrogens (primary N) is 2. The second-order valence-corrected chi connectivity index (χ2v) is 2.10. The zero-order valence-corrected chi connectivity index (χ0v) is 7.56. The monoisotopic (exact) mass is 146 g/mol. The van der Waals surface area contributed by atoms with Gasteiger partial charge in [0.1, 0.15) is 0 Å². The molecule has 0 aliphatic rings. The molecular weight excluding hydrogens is 124 g/mol. The van der Waals surface area contributed by atoms with Crippen LogP contribution in [-0.4, -0.2) is 12.6 Å². The smallest absolute Gasteiger partial charge is 0.00366 e. The van der Waals surface area contributed by atoms with Gasteiger partial charge in [-0.1, -0.05) is 20.8 Å². The van der Waals surface area contributed by atoms with Gasteiger partial charge in [0.15, 0.2) is 0 Å². The minimum atomic E-state index is 0.374. The molecule has 0 saturated carbocycles. The van der Waals surface area contributed by atoms with Crippen LogP contribution in [0, 0.1) is 0 Å². The lowest BCUT2D eigenvalue weighted by Gasteiger charge is -2.04. The Morgan fingerprint density at radius 3 is 2.10 bits per heavy atom. The minimum Gasteiger partial charge on any atom is -0.330 e. The lowest BCUT2D eigenvalue weighted by molar-refractivity contribution is 0.573. The Labute approximate surface area is 65.0 Å². The van der Waals surface area contributed by atoms with Gasteiger partial charge in [0.25, 0.3) is 0 Å². The second-order valence-electron chi connectivity index (χ2n) is 2.10. The molecule has 10 heavy (non-hydrogen) atoms. The van der Waals surface area contributed by atoms with Crippen LogP contribution in [0.2, 0.25) is 0 Å². The van der Waals surface area contributed by atoms with E-state index in [-0.39, 0.29) is 0 Å². The second kappa shape index (κ2) is 11.7. The van der Waals surface area contributed by atoms with Crippen LogP contribution in [0.25, 0.3) is 0 Å². The normalized spacial score (nSPS) is 11.7. The number of hydrogen-bond donors (Lipinski definition) is 2. The Morgan fingerprint density at radius 1 is 1.30 bits per heavy atom. The maximum Gasteiger partial charge on any atom is 0.00366 e. The van der Waals surface area contributed by atoms with E-state index in [1.807, 2.05) is 13.8 Å². The van der Waals surface area contributed by atoms with E-state index in [0.717, 1.165) is 25.8 Å². The number of hydrogen-bond acceptors (Lipinski definition) is 2. The van der Waals surface area contributed by atoms with Crippen LogP contribution in [0.3, 0.4) is 0 Å². The summed E-state index contributed by atoms with van der Waals surface area (Å²) in [4.78, 5) is 0. The van der Waals surface area contributed by atoms with Crippen LogP contribution >= 0.6 is 0 Å². The van der Waals surface area contributed by atoms with Crippen molar-refractivity contribution in [3.63, 3.8) is 0 Å². The fraction of sp³-hybridized carbons (Fsp3) is 1.00. The van der Waals surface area contributed by atoms with Crippen molar-refractivity contribution in [1.29, 1.82) is 0 Å². The topological polar surface area (TPSA) is 52.0 Å². The van der Waals surface area contributed by atoms with Crippen LogP contribution in [0.15, 0.2) is 0 Å². The van der Waals surface area contributed by atoms with Gasteiger partial charge in [-0.3, -0.25) is 0 Å². The third kappa shape index (κ3) is 10.8. The fourth-order valence-corrected chi connectivity index (χ4v) is 0.584. The molecule has 0 radical (unpaired) electrons. The van der Waals surface area contributed by atoms with Crippen LogP contribution < -0.4 is 11.5 Å². The molecule has 0 fully saturated rings. The summed E-state index contributed by atoms with van der Waals surface area (Å²) in [7, 11) is 0. The van der Waals surface area contributed by atoms with Crippen molar-refractivity contribution in [2.45, 2.75) is 46.1 Å². The first-order valence-corrected chi connectivity index (χ1v) is 4.27. The van der Waals surface area contributed by atoms with Crippen molar-refractivity contribution >= 4 is 0 Å². The molecule has 1 unspecified atom stereocenters. The summed E-state index contributed by atoms with van der Waals surface area (Å²) >= 11 is 0. The van der Waals surface area contributed by atoms with Crippen molar-refractivity contribution in [1.82, 2.24) is 0 Å². The van der Waals surface area contributed by atoms with E-state index in [1.165, 1.54) is 0 Å². The largest absolute Gasteiger partial charge is 0.330 e. The van der Waals surface area contributed by atoms with Gasteiger partial charge in [-0.2, -0.15) is 0 Å². The fourth-order valence-electron chi connectivity index (χ4n) is 0.584. The highest BCUT2D eigenvalue weighted by molar-refractivity contribution is 4.57. The predicted molar refractivity (Wildman–Crippen MR) is 47.9 cm³/mol. The van der Waals surface area contributed by atoms with E-state index >= 15 is 0 Å². The van der Waals surface area contributed by atoms with Gasteiger partial charge in [0.2, 0.25) is 0 Å². The molecule has 0 rings (SSSR count). The highest BCUT2D eigenvalue weighted by Crippen LogP contribution is 1.95. The summed E-state index contributed by atoms with van der Waals surface area (Å²) in [5.41, 5.74) is 10.9. The Morgan fingerprint density at radius 2 is 1.80 bits per heavy atom. The molecule has 64 valence electrons. The maximum absolute atomic E-state index is 5.60. The molecule has 0 heterocycles. The van der Waals surface area contributed by atoms with Crippen LogP contribution in [0.5, 0.6) is 0 Å². The Hall–Kier alpha value is -0.0800. The summed E-state index contributed by atoms with van der Waals surface area (Å²) < 4.78 is 0. The molecular formula is C8H22N2. The summed E-state index contributed by atoms with van der Waals surface area (Å²) in [6, 6.07) is 0.374. The van der Waals surface area contributed by atoms with E-state index in [4.69, 9.17) is 11.5 Å². The zero-order valence-electron chi connectivity index (χ0n) is 7.56. The Balaban J connectivity index is 0. The molecule has 1 atom stereocenters. The van der Waals surface area contributed by atoms with Crippen LogP contribution in [0.1, 0.15) is 40.0 Å². The van der Waals surface area contributed by atoms with Gasteiger partial charge in [-0.05, 0) is 25.8 Å². The Bertz CT molecular complexity index is 46.5. The number of rotatable bonds is 4. The highest BCUT2D eigenvalue weighted by Gasteiger charge is 1.94. The molecule has 0 aliphatic heterocycles. The van der Waals surface area contributed by atoms with Gasteiger partial charge in [-0.15, -0.1) is 0 Å². The van der Waals surface area contributed by atoms with Gasteiger partial charge >= 0.3 is 0 Å². The lowest BCUT2D eigenvalue weighted by Crippen LogP contribution is -2.19. The van der Waals surface area contributed by atoms with Gasteiger partial charge in [0, 0.05) is 6.04 Å². The van der Waals surface area contributed by atoms with Gasteiger partial charge in [-0.25, -0.2) is 0 Å². The van der Waals surface area contributed by atoms with E-state index < -0.39 is 0 Å². The zero-order chi connectivity index (χ0) is 8.41. The third-order valence-corrected chi connectivity index (χ3v) is 1.30. The third-order valence-electron chi connectivity index (χ3n) is 1.30. The molecule has 0 aromatic rings. The van der Waals surface area contributed by atoms with Crippen molar-refractivity contribution in [2.75, 3.05) is 6.54 Å². The van der Waals surface area contributed by atoms with E-state index in [0.29, 0.717) is 6.04 Å². The summed E-state index contributed by atoms with van der Waals surface area (Å²) in [6.07, 6.45) is 3.21. The first-order chi connectivity index (χ1) is 4.81. The van der Waals surface area contributed by atoms with Crippen molar-refractivity contribution in [3.8, 4) is 0 Å². The molecule has 0 aliphatic carbocycles.